The SMILES string of the molecule is Nc1c(O)ncc2ccccc12. The molecule has 3 nitrogen and oxygen atoms in total. The Kier molecular flexibility index (Phi) is 1.37. The number of rotatable bonds is 0. The summed E-state index contributed by atoms with van der Waals surface area (Å²) in [6.45, 7) is 0. The quantitative estimate of drug-likeness (QED) is 0.614. The van der Waals surface area contributed by atoms with E-state index in [0.717, 1.165) is 10.8 Å². The summed E-state index contributed by atoms with van der Waals surface area (Å²) in [6, 6.07) is 7.53. The lowest BCUT2D eigenvalue weighted by Crippen LogP contribution is -1.89. The van der Waals surface area contributed by atoms with Crippen LogP contribution in [0.2, 0.25) is 0 Å². The van der Waals surface area contributed by atoms with Gasteiger partial charge in [-0.1, -0.05) is 24.3 Å². The van der Waals surface area contributed by atoms with E-state index < -0.39 is 0 Å². The molecule has 3 N–H and O–H groups in total. The third-order valence-corrected chi connectivity index (χ3v) is 1.82. The molecule has 0 spiro atoms. The van der Waals surface area contributed by atoms with Crippen molar-refractivity contribution in [2.75, 3.05) is 5.73 Å². The number of hydrogen-bond donors (Lipinski definition) is 2. The van der Waals surface area contributed by atoms with E-state index in [9.17, 15) is 5.11 Å². The molecule has 0 bridgehead atoms. The summed E-state index contributed by atoms with van der Waals surface area (Å²) in [5.74, 6) is -0.103. The van der Waals surface area contributed by atoms with Gasteiger partial charge < -0.3 is 10.8 Å². The molecule has 0 unspecified atom stereocenters. The summed E-state index contributed by atoms with van der Waals surface area (Å²) in [7, 11) is 0. The Labute approximate surface area is 69.5 Å². The van der Waals surface area contributed by atoms with Gasteiger partial charge in [-0.2, -0.15) is 0 Å². The molecule has 1 heterocycles. The van der Waals surface area contributed by atoms with Crippen LogP contribution in [0.5, 0.6) is 5.88 Å². The molecule has 0 fully saturated rings. The highest BCUT2D eigenvalue weighted by atomic mass is 16.3. The topological polar surface area (TPSA) is 59.1 Å². The minimum Gasteiger partial charge on any atom is -0.492 e. The molecule has 0 atom stereocenters. The number of anilines is 1. The van der Waals surface area contributed by atoms with Crippen molar-refractivity contribution < 1.29 is 5.11 Å². The van der Waals surface area contributed by atoms with Crippen LogP contribution in [-0.4, -0.2) is 10.1 Å². The fraction of sp³-hybridized carbons (Fsp3) is 0. The van der Waals surface area contributed by atoms with Crippen LogP contribution in [-0.2, 0) is 0 Å². The lowest BCUT2D eigenvalue weighted by Gasteiger charge is -2.01. The first-order chi connectivity index (χ1) is 5.79. The zero-order chi connectivity index (χ0) is 8.55. The summed E-state index contributed by atoms with van der Waals surface area (Å²) in [5.41, 5.74) is 5.95. The maximum atomic E-state index is 9.18. The molecule has 0 aliphatic heterocycles. The van der Waals surface area contributed by atoms with Gasteiger partial charge in [0.2, 0.25) is 5.88 Å². The van der Waals surface area contributed by atoms with Crippen LogP contribution >= 0.6 is 0 Å². The van der Waals surface area contributed by atoms with Crippen molar-refractivity contribution in [3.63, 3.8) is 0 Å². The standard InChI is InChI=1S/C9H8N2O/c10-8-7-4-2-1-3-6(7)5-11-9(8)12/h1-5H,10H2,(H,11,12). The highest BCUT2D eigenvalue weighted by Crippen LogP contribution is 2.26. The lowest BCUT2D eigenvalue weighted by molar-refractivity contribution is 0.457. The number of pyridine rings is 1. The van der Waals surface area contributed by atoms with E-state index in [4.69, 9.17) is 5.73 Å². The van der Waals surface area contributed by atoms with E-state index in [1.54, 1.807) is 6.20 Å². The minimum absolute atomic E-state index is 0.103. The Morgan fingerprint density at radius 3 is 2.83 bits per heavy atom. The van der Waals surface area contributed by atoms with Gasteiger partial charge in [0.1, 0.15) is 5.69 Å². The van der Waals surface area contributed by atoms with Crippen molar-refractivity contribution >= 4 is 16.5 Å². The van der Waals surface area contributed by atoms with E-state index in [0.29, 0.717) is 5.69 Å². The maximum absolute atomic E-state index is 9.18. The number of nitrogens with zero attached hydrogens (tertiary/aromatic N) is 1. The Bertz CT molecular complexity index is 426. The Morgan fingerprint density at radius 2 is 2.00 bits per heavy atom. The van der Waals surface area contributed by atoms with Crippen LogP contribution in [0.3, 0.4) is 0 Å². The van der Waals surface area contributed by atoms with E-state index in [2.05, 4.69) is 4.98 Å². The van der Waals surface area contributed by atoms with Gasteiger partial charge in [0, 0.05) is 17.0 Å². The van der Waals surface area contributed by atoms with E-state index in [-0.39, 0.29) is 5.88 Å². The predicted molar refractivity (Wildman–Crippen MR) is 47.8 cm³/mol. The van der Waals surface area contributed by atoms with Gasteiger partial charge in [-0.25, -0.2) is 4.98 Å². The van der Waals surface area contributed by atoms with Crippen molar-refractivity contribution in [1.29, 1.82) is 0 Å². The zero-order valence-corrected chi connectivity index (χ0v) is 6.36. The van der Waals surface area contributed by atoms with Crippen LogP contribution in [0.4, 0.5) is 5.69 Å². The Hall–Kier alpha value is -1.77. The molecule has 2 aromatic rings. The second-order valence-corrected chi connectivity index (χ2v) is 2.58. The number of nitrogens with two attached hydrogens (primary N) is 1. The summed E-state index contributed by atoms with van der Waals surface area (Å²) in [5, 5.41) is 11.0. The van der Waals surface area contributed by atoms with Crippen molar-refractivity contribution in [3.05, 3.63) is 30.5 Å². The average molecular weight is 160 g/mol. The second kappa shape index (κ2) is 2.37. The molecular weight excluding hydrogens is 152 g/mol. The highest BCUT2D eigenvalue weighted by Gasteiger charge is 2.02. The van der Waals surface area contributed by atoms with Gasteiger partial charge in [-0.3, -0.25) is 0 Å². The number of fused-ring (bicyclic) bond motifs is 1. The largest absolute Gasteiger partial charge is 0.492 e. The minimum atomic E-state index is -0.103. The van der Waals surface area contributed by atoms with Gasteiger partial charge in [0.15, 0.2) is 0 Å². The number of aromatic hydroxyl groups is 1. The highest BCUT2D eigenvalue weighted by molar-refractivity contribution is 5.93. The molecule has 1 aromatic heterocycles. The first kappa shape index (κ1) is 6.91. The fourth-order valence-corrected chi connectivity index (χ4v) is 1.18. The summed E-state index contributed by atoms with van der Waals surface area (Å²) in [6.07, 6.45) is 1.60. The molecule has 2 rings (SSSR count). The number of aromatic nitrogens is 1. The van der Waals surface area contributed by atoms with Gasteiger partial charge in [0.25, 0.3) is 0 Å². The Morgan fingerprint density at radius 1 is 1.25 bits per heavy atom. The van der Waals surface area contributed by atoms with E-state index in [1.807, 2.05) is 24.3 Å². The zero-order valence-electron chi connectivity index (χ0n) is 6.36. The first-order valence-corrected chi connectivity index (χ1v) is 3.61. The van der Waals surface area contributed by atoms with E-state index in [1.165, 1.54) is 0 Å². The van der Waals surface area contributed by atoms with Crippen molar-refractivity contribution in [1.82, 2.24) is 4.98 Å². The van der Waals surface area contributed by atoms with Gasteiger partial charge in [-0.15, -0.1) is 0 Å². The van der Waals surface area contributed by atoms with Crippen molar-refractivity contribution in [3.8, 4) is 5.88 Å². The molecule has 0 saturated carbocycles. The normalized spacial score (nSPS) is 10.3. The lowest BCUT2D eigenvalue weighted by atomic mass is 10.1. The maximum Gasteiger partial charge on any atom is 0.235 e. The molecule has 0 saturated heterocycles. The molecule has 12 heavy (non-hydrogen) atoms. The number of benzene rings is 1. The monoisotopic (exact) mass is 160 g/mol. The van der Waals surface area contributed by atoms with Crippen LogP contribution in [0.1, 0.15) is 0 Å². The molecule has 60 valence electrons. The van der Waals surface area contributed by atoms with Crippen molar-refractivity contribution in [2.45, 2.75) is 0 Å². The van der Waals surface area contributed by atoms with Crippen LogP contribution in [0, 0.1) is 0 Å². The second-order valence-electron chi connectivity index (χ2n) is 2.58. The third kappa shape index (κ3) is 0.871. The van der Waals surface area contributed by atoms with Gasteiger partial charge in [0.05, 0.1) is 0 Å². The fourth-order valence-electron chi connectivity index (χ4n) is 1.18. The van der Waals surface area contributed by atoms with Crippen LogP contribution < -0.4 is 5.73 Å². The first-order valence-electron chi connectivity index (χ1n) is 3.61. The van der Waals surface area contributed by atoms with Crippen LogP contribution in [0.15, 0.2) is 30.5 Å². The molecule has 1 aromatic carbocycles. The van der Waals surface area contributed by atoms with Gasteiger partial charge in [-0.05, 0) is 0 Å². The molecule has 0 amide bonds. The third-order valence-electron chi connectivity index (χ3n) is 1.82. The summed E-state index contributed by atoms with van der Waals surface area (Å²) < 4.78 is 0. The van der Waals surface area contributed by atoms with Gasteiger partial charge >= 0.3 is 0 Å². The molecule has 0 aliphatic carbocycles. The Balaban J connectivity index is 2.91. The predicted octanol–water partition coefficient (Wildman–Crippen LogP) is 1.52. The average Bonchev–Trinajstić information content (AvgIpc) is 2.12. The number of nitrogen functional groups attached to an aromatic ring is 1. The van der Waals surface area contributed by atoms with E-state index >= 15 is 0 Å². The molecule has 3 heteroatoms. The smallest absolute Gasteiger partial charge is 0.235 e. The van der Waals surface area contributed by atoms with Crippen LogP contribution in [0.25, 0.3) is 10.8 Å². The number of hydrogen-bond acceptors (Lipinski definition) is 3. The molecule has 0 aliphatic rings. The summed E-state index contributed by atoms with van der Waals surface area (Å²) >= 11 is 0. The van der Waals surface area contributed by atoms with Crippen molar-refractivity contribution in [2.24, 2.45) is 0 Å². The molecule has 0 radical (unpaired) electrons. The molecular formula is C9H8N2O. The summed E-state index contributed by atoms with van der Waals surface area (Å²) in [4.78, 5) is 3.74.